The highest BCUT2D eigenvalue weighted by atomic mass is 16.2. The van der Waals surface area contributed by atoms with Crippen LogP contribution >= 0.6 is 0 Å². The molecule has 0 bridgehead atoms. The Kier molecular flexibility index (Phi) is 2.37. The van der Waals surface area contributed by atoms with Crippen molar-refractivity contribution in [3.8, 4) is 0 Å². The number of guanidine groups is 1. The number of hydrogen-bond acceptors (Lipinski definition) is 3. The Labute approximate surface area is 112 Å². The molecule has 0 radical (unpaired) electrons. The van der Waals surface area contributed by atoms with Crippen LogP contribution in [0.25, 0.3) is 0 Å². The number of hydrogen-bond donors (Lipinski definition) is 2. The van der Waals surface area contributed by atoms with E-state index in [0.29, 0.717) is 17.9 Å². The molecule has 98 valence electrons. The van der Waals surface area contributed by atoms with Crippen molar-refractivity contribution in [3.63, 3.8) is 0 Å². The predicted octanol–water partition coefficient (Wildman–Crippen LogP) is 1.84. The lowest BCUT2D eigenvalue weighted by Gasteiger charge is -2.10. The molecule has 4 rings (SSSR count). The van der Waals surface area contributed by atoms with Crippen molar-refractivity contribution in [2.75, 3.05) is 0 Å². The molecule has 0 saturated heterocycles. The Bertz CT molecular complexity index is 558. The first-order chi connectivity index (χ1) is 9.31. The van der Waals surface area contributed by atoms with E-state index in [1.54, 1.807) is 0 Å². The van der Waals surface area contributed by atoms with Gasteiger partial charge in [-0.05, 0) is 42.7 Å². The lowest BCUT2D eigenvalue weighted by atomic mass is 9.97. The molecule has 2 N–H and O–H groups in total. The van der Waals surface area contributed by atoms with E-state index in [9.17, 15) is 4.79 Å². The van der Waals surface area contributed by atoms with E-state index in [4.69, 9.17) is 0 Å². The maximum absolute atomic E-state index is 12.1. The zero-order valence-corrected chi connectivity index (χ0v) is 10.7. The molecule has 1 atom stereocenters. The summed E-state index contributed by atoms with van der Waals surface area (Å²) < 4.78 is 0. The first kappa shape index (κ1) is 11.0. The van der Waals surface area contributed by atoms with Crippen LogP contribution in [0.1, 0.15) is 48.8 Å². The third-order valence-electron chi connectivity index (χ3n) is 3.97. The summed E-state index contributed by atoms with van der Waals surface area (Å²) in [5.74, 6) is 1.29. The van der Waals surface area contributed by atoms with Crippen LogP contribution < -0.4 is 10.6 Å². The number of benzene rings is 1. The number of aliphatic imine (C=N–C) groups is 1. The van der Waals surface area contributed by atoms with Crippen LogP contribution in [-0.2, 0) is 4.79 Å². The van der Waals surface area contributed by atoms with E-state index in [-0.39, 0.29) is 11.9 Å². The van der Waals surface area contributed by atoms with Gasteiger partial charge in [0.2, 0.25) is 0 Å². The minimum Gasteiger partial charge on any atom is -0.353 e. The van der Waals surface area contributed by atoms with Gasteiger partial charge in [0.15, 0.2) is 12.0 Å². The lowest BCUT2D eigenvalue weighted by Crippen LogP contribution is -2.37. The highest BCUT2D eigenvalue weighted by Gasteiger charge is 2.35. The quantitative estimate of drug-likeness (QED) is 0.866. The van der Waals surface area contributed by atoms with Crippen molar-refractivity contribution in [1.82, 2.24) is 10.6 Å². The smallest absolute Gasteiger partial charge is 0.256 e. The van der Waals surface area contributed by atoms with Gasteiger partial charge >= 0.3 is 0 Å². The third kappa shape index (κ3) is 2.11. The standard InChI is InChI=1S/C15H17N3O/c19-14-13(17-15(18-14)16-10-7-8-10)12-4-2-1-3-11(12)9-5-6-9/h1-4,9-10,13H,5-8H2,(H2,16,17,18,19). The van der Waals surface area contributed by atoms with Crippen molar-refractivity contribution in [2.24, 2.45) is 4.99 Å². The van der Waals surface area contributed by atoms with E-state index in [2.05, 4.69) is 27.8 Å². The van der Waals surface area contributed by atoms with E-state index < -0.39 is 0 Å². The zero-order valence-electron chi connectivity index (χ0n) is 10.7. The molecule has 2 aliphatic carbocycles. The second-order valence-corrected chi connectivity index (χ2v) is 5.69. The molecule has 1 amide bonds. The predicted molar refractivity (Wildman–Crippen MR) is 72.9 cm³/mol. The number of carbonyl (C=O) groups is 1. The minimum atomic E-state index is -0.363. The van der Waals surface area contributed by atoms with Gasteiger partial charge in [-0.25, -0.2) is 4.99 Å². The van der Waals surface area contributed by atoms with Gasteiger partial charge in [-0.15, -0.1) is 0 Å². The van der Waals surface area contributed by atoms with Crippen LogP contribution in [0.4, 0.5) is 0 Å². The number of rotatable bonds is 3. The summed E-state index contributed by atoms with van der Waals surface area (Å²) in [5.41, 5.74) is 2.38. The number of nitrogens with zero attached hydrogens (tertiary/aromatic N) is 1. The van der Waals surface area contributed by atoms with Gasteiger partial charge < -0.3 is 5.32 Å². The fraction of sp³-hybridized carbons (Fsp3) is 0.467. The van der Waals surface area contributed by atoms with Gasteiger partial charge in [-0.3, -0.25) is 10.1 Å². The molecule has 19 heavy (non-hydrogen) atoms. The largest absolute Gasteiger partial charge is 0.353 e. The van der Waals surface area contributed by atoms with Crippen LogP contribution in [0.2, 0.25) is 0 Å². The first-order valence-corrected chi connectivity index (χ1v) is 7.05. The minimum absolute atomic E-state index is 0.00347. The molecule has 1 aliphatic heterocycles. The molecule has 1 heterocycles. The lowest BCUT2D eigenvalue weighted by molar-refractivity contribution is -0.120. The van der Waals surface area contributed by atoms with Crippen molar-refractivity contribution in [1.29, 1.82) is 0 Å². The van der Waals surface area contributed by atoms with Crippen molar-refractivity contribution in [3.05, 3.63) is 35.4 Å². The Morgan fingerprint density at radius 3 is 2.53 bits per heavy atom. The first-order valence-electron chi connectivity index (χ1n) is 7.05. The van der Waals surface area contributed by atoms with E-state index in [1.807, 2.05) is 12.1 Å². The van der Waals surface area contributed by atoms with Gasteiger partial charge in [0.1, 0.15) is 0 Å². The maximum atomic E-state index is 12.1. The molecule has 1 aromatic carbocycles. The molecule has 4 heteroatoms. The summed E-state index contributed by atoms with van der Waals surface area (Å²) >= 11 is 0. The van der Waals surface area contributed by atoms with Crippen molar-refractivity contribution >= 4 is 11.9 Å². The van der Waals surface area contributed by atoms with Gasteiger partial charge in [0, 0.05) is 6.04 Å². The Hall–Kier alpha value is -1.84. The van der Waals surface area contributed by atoms with Gasteiger partial charge in [0.05, 0.1) is 0 Å². The topological polar surface area (TPSA) is 53.5 Å². The van der Waals surface area contributed by atoms with Crippen molar-refractivity contribution < 1.29 is 4.79 Å². The summed E-state index contributed by atoms with van der Waals surface area (Å²) in [6.45, 7) is 0. The Morgan fingerprint density at radius 2 is 1.84 bits per heavy atom. The molecular formula is C15H17N3O. The Morgan fingerprint density at radius 1 is 1.11 bits per heavy atom. The number of nitrogens with one attached hydrogen (secondary N) is 2. The Balaban J connectivity index is 1.63. The third-order valence-corrected chi connectivity index (χ3v) is 3.97. The van der Waals surface area contributed by atoms with E-state index in [0.717, 1.165) is 5.56 Å². The van der Waals surface area contributed by atoms with Crippen LogP contribution in [0, 0.1) is 0 Å². The molecule has 0 spiro atoms. The molecule has 3 aliphatic rings. The van der Waals surface area contributed by atoms with Crippen LogP contribution in [0.5, 0.6) is 0 Å². The van der Waals surface area contributed by atoms with Crippen LogP contribution in [0.3, 0.4) is 0 Å². The van der Waals surface area contributed by atoms with E-state index >= 15 is 0 Å². The van der Waals surface area contributed by atoms with Gasteiger partial charge in [0.25, 0.3) is 5.91 Å². The fourth-order valence-electron chi connectivity index (χ4n) is 2.64. The number of amides is 1. The molecule has 1 aromatic rings. The summed E-state index contributed by atoms with van der Waals surface area (Å²) in [6, 6.07) is 8.38. The van der Waals surface area contributed by atoms with Crippen LogP contribution in [0.15, 0.2) is 29.3 Å². The summed E-state index contributed by atoms with van der Waals surface area (Å²) in [6.07, 6.45) is 4.83. The molecule has 2 fully saturated rings. The van der Waals surface area contributed by atoms with Gasteiger partial charge in [-0.1, -0.05) is 24.3 Å². The number of carbonyl (C=O) groups excluding carboxylic acids is 1. The summed E-state index contributed by atoms with van der Waals surface area (Å²) in [5, 5.41) is 6.13. The second kappa shape index (κ2) is 4.08. The molecule has 0 aromatic heterocycles. The average molecular weight is 255 g/mol. The molecule has 1 unspecified atom stereocenters. The molecule has 2 saturated carbocycles. The molecule has 4 nitrogen and oxygen atoms in total. The van der Waals surface area contributed by atoms with Crippen LogP contribution in [-0.4, -0.2) is 17.9 Å². The fourth-order valence-corrected chi connectivity index (χ4v) is 2.64. The second-order valence-electron chi connectivity index (χ2n) is 5.69. The average Bonchev–Trinajstić information content (AvgIpc) is 3.30. The zero-order chi connectivity index (χ0) is 12.8. The monoisotopic (exact) mass is 255 g/mol. The molecular weight excluding hydrogens is 238 g/mol. The SMILES string of the molecule is O=C1NC(NC2CC2)=NC1c1ccccc1C1CC1. The van der Waals surface area contributed by atoms with E-state index in [1.165, 1.54) is 31.2 Å². The highest BCUT2D eigenvalue weighted by Crippen LogP contribution is 2.43. The van der Waals surface area contributed by atoms with Crippen molar-refractivity contribution in [2.45, 2.75) is 43.7 Å². The van der Waals surface area contributed by atoms with Gasteiger partial charge in [-0.2, -0.15) is 0 Å². The summed E-state index contributed by atoms with van der Waals surface area (Å²) in [7, 11) is 0. The summed E-state index contributed by atoms with van der Waals surface area (Å²) in [4.78, 5) is 16.7. The maximum Gasteiger partial charge on any atom is 0.256 e. The highest BCUT2D eigenvalue weighted by molar-refractivity contribution is 6.05. The normalized spacial score (nSPS) is 26.0.